The lowest BCUT2D eigenvalue weighted by molar-refractivity contribution is -0.156. The van der Waals surface area contributed by atoms with Crippen molar-refractivity contribution in [2.75, 3.05) is 7.05 Å². The van der Waals surface area contributed by atoms with Gasteiger partial charge in [0, 0.05) is 0 Å². The molecule has 0 radical (unpaired) electrons. The van der Waals surface area contributed by atoms with Crippen LogP contribution in [0.5, 0.6) is 0 Å². The van der Waals surface area contributed by atoms with Crippen molar-refractivity contribution in [2.45, 2.75) is 38.4 Å². The van der Waals surface area contributed by atoms with Crippen LogP contribution in [-0.2, 0) is 5.41 Å². The van der Waals surface area contributed by atoms with E-state index in [0.717, 1.165) is 5.56 Å². The monoisotopic (exact) mass is 245 g/mol. The number of hydrogen-bond donors (Lipinski definition) is 1. The quantitative estimate of drug-likeness (QED) is 0.835. The summed E-state index contributed by atoms with van der Waals surface area (Å²) < 4.78 is 38.0. The highest BCUT2D eigenvalue weighted by Gasteiger charge is 2.39. The molecule has 0 saturated carbocycles. The fraction of sp³-hybridized carbons (Fsp3) is 0.538. The summed E-state index contributed by atoms with van der Waals surface area (Å²) in [6.45, 7) is 6.09. The second kappa shape index (κ2) is 4.69. The van der Waals surface area contributed by atoms with Crippen LogP contribution >= 0.6 is 0 Å². The molecule has 1 nitrogen and oxygen atoms in total. The third-order valence-electron chi connectivity index (χ3n) is 2.73. The molecule has 0 saturated heterocycles. The molecule has 1 atom stereocenters. The van der Waals surface area contributed by atoms with E-state index in [1.54, 1.807) is 12.1 Å². The summed E-state index contributed by atoms with van der Waals surface area (Å²) in [4.78, 5) is 0. The molecule has 0 fully saturated rings. The van der Waals surface area contributed by atoms with E-state index < -0.39 is 12.2 Å². The summed E-state index contributed by atoms with van der Waals surface area (Å²) in [5, 5.41) is 2.29. The number of hydrogen-bond acceptors (Lipinski definition) is 1. The van der Waals surface area contributed by atoms with Crippen molar-refractivity contribution in [3.05, 3.63) is 35.4 Å². The van der Waals surface area contributed by atoms with E-state index in [0.29, 0.717) is 0 Å². The van der Waals surface area contributed by atoms with Crippen molar-refractivity contribution in [2.24, 2.45) is 0 Å². The van der Waals surface area contributed by atoms with Crippen LogP contribution in [0, 0.1) is 0 Å². The van der Waals surface area contributed by atoms with Gasteiger partial charge in [-0.2, -0.15) is 13.2 Å². The third kappa shape index (κ3) is 3.46. The van der Waals surface area contributed by atoms with Crippen LogP contribution in [0.15, 0.2) is 24.3 Å². The van der Waals surface area contributed by atoms with Gasteiger partial charge in [0.1, 0.15) is 6.04 Å². The smallest absolute Gasteiger partial charge is 0.306 e. The molecule has 1 rings (SSSR count). The maximum atomic E-state index is 12.7. The first-order valence-corrected chi connectivity index (χ1v) is 5.50. The van der Waals surface area contributed by atoms with Gasteiger partial charge in [0.2, 0.25) is 0 Å². The zero-order chi connectivity index (χ0) is 13.3. The minimum atomic E-state index is -4.27. The molecule has 0 amide bonds. The minimum absolute atomic E-state index is 0.0497. The topological polar surface area (TPSA) is 12.0 Å². The highest BCUT2D eigenvalue weighted by molar-refractivity contribution is 5.29. The third-order valence-corrected chi connectivity index (χ3v) is 2.73. The summed E-state index contributed by atoms with van der Waals surface area (Å²) in [6, 6.07) is 4.98. The van der Waals surface area contributed by atoms with E-state index in [1.165, 1.54) is 19.2 Å². The molecule has 0 spiro atoms. The van der Waals surface area contributed by atoms with Gasteiger partial charge in [-0.1, -0.05) is 45.0 Å². The van der Waals surface area contributed by atoms with Gasteiger partial charge in [0.25, 0.3) is 0 Å². The maximum absolute atomic E-state index is 12.7. The summed E-state index contributed by atoms with van der Waals surface area (Å²) >= 11 is 0. The first-order chi connectivity index (χ1) is 7.66. The summed E-state index contributed by atoms with van der Waals surface area (Å²) in [5.74, 6) is 0. The second-order valence-electron chi connectivity index (χ2n) is 5.14. The van der Waals surface area contributed by atoms with E-state index in [-0.39, 0.29) is 11.0 Å². The molecule has 0 heterocycles. The fourth-order valence-corrected chi connectivity index (χ4v) is 1.69. The lowest BCUT2D eigenvalue weighted by atomic mass is 9.86. The molecule has 1 aromatic carbocycles. The van der Waals surface area contributed by atoms with Crippen molar-refractivity contribution >= 4 is 0 Å². The molecule has 0 bridgehead atoms. The molecule has 1 unspecified atom stereocenters. The summed E-state index contributed by atoms with van der Waals surface area (Å²) in [5.41, 5.74) is 1.22. The average molecular weight is 245 g/mol. The number of rotatable bonds is 2. The van der Waals surface area contributed by atoms with Crippen LogP contribution < -0.4 is 5.32 Å². The Labute approximate surface area is 100 Å². The molecule has 0 aromatic heterocycles. The Kier molecular flexibility index (Phi) is 3.87. The van der Waals surface area contributed by atoms with Gasteiger partial charge in [-0.25, -0.2) is 0 Å². The average Bonchev–Trinajstić information content (AvgIpc) is 2.16. The molecule has 1 aromatic rings. The van der Waals surface area contributed by atoms with Crippen molar-refractivity contribution < 1.29 is 13.2 Å². The number of halogens is 3. The van der Waals surface area contributed by atoms with Crippen LogP contribution in [0.2, 0.25) is 0 Å². The van der Waals surface area contributed by atoms with Gasteiger partial charge in [0.15, 0.2) is 0 Å². The second-order valence-corrected chi connectivity index (χ2v) is 5.14. The largest absolute Gasteiger partial charge is 0.407 e. The zero-order valence-corrected chi connectivity index (χ0v) is 10.5. The molecule has 17 heavy (non-hydrogen) atoms. The zero-order valence-electron chi connectivity index (χ0n) is 10.5. The van der Waals surface area contributed by atoms with Gasteiger partial charge in [0.05, 0.1) is 0 Å². The first kappa shape index (κ1) is 14.0. The lowest BCUT2D eigenvalue weighted by Gasteiger charge is -2.22. The van der Waals surface area contributed by atoms with E-state index >= 15 is 0 Å². The minimum Gasteiger partial charge on any atom is -0.306 e. The summed E-state index contributed by atoms with van der Waals surface area (Å²) in [7, 11) is 1.32. The molecule has 0 aliphatic rings. The molecule has 0 aliphatic heterocycles. The molecule has 4 heteroatoms. The number of alkyl halides is 3. The van der Waals surface area contributed by atoms with E-state index in [1.807, 2.05) is 20.8 Å². The van der Waals surface area contributed by atoms with Crippen molar-refractivity contribution in [1.82, 2.24) is 5.32 Å². The van der Waals surface area contributed by atoms with Gasteiger partial charge in [-0.3, -0.25) is 0 Å². The Morgan fingerprint density at radius 2 is 1.47 bits per heavy atom. The van der Waals surface area contributed by atoms with E-state index in [9.17, 15) is 13.2 Å². The fourth-order valence-electron chi connectivity index (χ4n) is 1.69. The molecule has 0 aliphatic carbocycles. The molecular formula is C13H18F3N. The van der Waals surface area contributed by atoms with Gasteiger partial charge >= 0.3 is 6.18 Å². The normalized spacial score (nSPS) is 14.8. The number of nitrogens with one attached hydrogen (secondary N) is 1. The Morgan fingerprint density at radius 1 is 1.00 bits per heavy atom. The maximum Gasteiger partial charge on any atom is 0.407 e. The van der Waals surface area contributed by atoms with Crippen LogP contribution in [0.25, 0.3) is 0 Å². The van der Waals surface area contributed by atoms with Crippen LogP contribution in [0.3, 0.4) is 0 Å². The van der Waals surface area contributed by atoms with Crippen molar-refractivity contribution in [3.63, 3.8) is 0 Å². The predicted octanol–water partition coefficient (Wildman–Crippen LogP) is 3.81. The predicted molar refractivity (Wildman–Crippen MR) is 63.0 cm³/mol. The van der Waals surface area contributed by atoms with E-state index in [2.05, 4.69) is 5.32 Å². The highest BCUT2D eigenvalue weighted by atomic mass is 19.4. The van der Waals surface area contributed by atoms with Gasteiger partial charge < -0.3 is 5.32 Å². The Bertz CT molecular complexity index is 360. The molecule has 1 N–H and O–H groups in total. The van der Waals surface area contributed by atoms with Crippen LogP contribution in [-0.4, -0.2) is 13.2 Å². The number of benzene rings is 1. The SMILES string of the molecule is CNC(c1ccc(C(C)(C)C)cc1)C(F)(F)F. The Balaban J connectivity index is 3.02. The highest BCUT2D eigenvalue weighted by Crippen LogP contribution is 2.33. The molecule has 96 valence electrons. The van der Waals surface area contributed by atoms with E-state index in [4.69, 9.17) is 0 Å². The Morgan fingerprint density at radius 3 is 1.76 bits per heavy atom. The first-order valence-electron chi connectivity index (χ1n) is 5.50. The van der Waals surface area contributed by atoms with Gasteiger partial charge in [-0.15, -0.1) is 0 Å². The Hall–Kier alpha value is -1.03. The van der Waals surface area contributed by atoms with Crippen LogP contribution in [0.4, 0.5) is 13.2 Å². The van der Waals surface area contributed by atoms with Crippen molar-refractivity contribution in [3.8, 4) is 0 Å². The lowest BCUT2D eigenvalue weighted by Crippen LogP contribution is -2.31. The summed E-state index contributed by atoms with van der Waals surface area (Å²) in [6.07, 6.45) is -4.27. The van der Waals surface area contributed by atoms with Crippen LogP contribution in [0.1, 0.15) is 37.9 Å². The standard InChI is InChI=1S/C13H18F3N/c1-12(2,3)10-7-5-9(6-8-10)11(17-4)13(14,15)16/h5-8,11,17H,1-4H3. The molecular weight excluding hydrogens is 227 g/mol. The van der Waals surface area contributed by atoms with Crippen molar-refractivity contribution in [1.29, 1.82) is 0 Å². The van der Waals surface area contributed by atoms with Gasteiger partial charge in [-0.05, 0) is 23.6 Å².